The van der Waals surface area contributed by atoms with E-state index < -0.39 is 16.1 Å². The van der Waals surface area contributed by atoms with Crippen molar-refractivity contribution in [2.45, 2.75) is 65.5 Å². The molecule has 0 saturated carbocycles. The molecule has 0 aliphatic rings. The van der Waals surface area contributed by atoms with Gasteiger partial charge >= 0.3 is 0 Å². The molecule has 0 fully saturated rings. The number of sulfonamides is 1. The maximum absolute atomic E-state index is 13.5. The van der Waals surface area contributed by atoms with Crippen molar-refractivity contribution in [1.29, 1.82) is 0 Å². The van der Waals surface area contributed by atoms with Crippen LogP contribution >= 0.6 is 23.2 Å². The van der Waals surface area contributed by atoms with Crippen LogP contribution in [-0.4, -0.2) is 50.5 Å². The molecular weight excluding hydrogens is 533 g/mol. The average molecular weight is 571 g/mol. The molecule has 7 nitrogen and oxygen atoms in total. The molecule has 0 heterocycles. The lowest BCUT2D eigenvalue weighted by atomic mass is 10.1. The molecule has 10 heteroatoms. The van der Waals surface area contributed by atoms with Gasteiger partial charge in [0.25, 0.3) is 0 Å². The van der Waals surface area contributed by atoms with Crippen LogP contribution in [0.15, 0.2) is 42.5 Å². The highest BCUT2D eigenvalue weighted by Crippen LogP contribution is 2.28. The predicted molar refractivity (Wildman–Crippen MR) is 152 cm³/mol. The molecular formula is C27H37Cl2N3O4S. The molecule has 2 amide bonds. The summed E-state index contributed by atoms with van der Waals surface area (Å²) in [5.74, 6) is -0.408. The lowest BCUT2D eigenvalue weighted by Gasteiger charge is -2.31. The lowest BCUT2D eigenvalue weighted by molar-refractivity contribution is -0.141. The SMILES string of the molecule is CCCCNC(=O)[C@H](CC)N(Cc1ccc(Cl)cc1)C(=O)CCCN(c1cccc(Cl)c1C)S(C)(=O)=O. The van der Waals surface area contributed by atoms with Crippen LogP contribution in [0.3, 0.4) is 0 Å². The second-order valence-electron chi connectivity index (χ2n) is 9.04. The fraction of sp³-hybridized carbons (Fsp3) is 0.481. The van der Waals surface area contributed by atoms with Gasteiger partial charge in [0.05, 0.1) is 11.9 Å². The summed E-state index contributed by atoms with van der Waals surface area (Å²) in [7, 11) is -3.60. The number of hydrogen-bond acceptors (Lipinski definition) is 4. The molecule has 0 spiro atoms. The maximum atomic E-state index is 13.5. The molecule has 2 aromatic rings. The molecule has 0 saturated heterocycles. The first kappa shape index (κ1) is 30.9. The number of carbonyl (C=O) groups excluding carboxylic acids is 2. The summed E-state index contributed by atoms with van der Waals surface area (Å²) >= 11 is 12.2. The topological polar surface area (TPSA) is 86.8 Å². The highest BCUT2D eigenvalue weighted by atomic mass is 35.5. The van der Waals surface area contributed by atoms with Crippen molar-refractivity contribution in [1.82, 2.24) is 10.2 Å². The molecule has 0 unspecified atom stereocenters. The second-order valence-corrected chi connectivity index (χ2v) is 11.8. The van der Waals surface area contributed by atoms with Crippen LogP contribution in [-0.2, 0) is 26.2 Å². The number of unbranched alkanes of at least 4 members (excludes halogenated alkanes) is 1. The van der Waals surface area contributed by atoms with Gasteiger partial charge in [0.15, 0.2) is 0 Å². The van der Waals surface area contributed by atoms with Gasteiger partial charge in [0.1, 0.15) is 6.04 Å². The predicted octanol–water partition coefficient (Wildman–Crippen LogP) is 5.57. The van der Waals surface area contributed by atoms with Crippen LogP contribution in [0.1, 0.15) is 57.1 Å². The van der Waals surface area contributed by atoms with Gasteiger partial charge in [0, 0.05) is 36.1 Å². The quantitative estimate of drug-likeness (QED) is 0.301. The summed E-state index contributed by atoms with van der Waals surface area (Å²) in [5, 5.41) is 3.99. The van der Waals surface area contributed by atoms with Gasteiger partial charge < -0.3 is 10.2 Å². The minimum Gasteiger partial charge on any atom is -0.354 e. The van der Waals surface area contributed by atoms with Crippen molar-refractivity contribution in [3.63, 3.8) is 0 Å². The zero-order valence-corrected chi connectivity index (χ0v) is 24.3. The standard InChI is InChI=1S/C27H37Cl2N3O4S/c1-5-7-17-30-27(34)24(6-2)31(19-21-13-15-22(28)16-14-21)26(33)12-9-18-32(37(4,35)36)25-11-8-10-23(29)20(25)3/h8,10-11,13-16,24H,5-7,9,12,17-19H2,1-4H3,(H,30,34)/t24-/m0/s1. The van der Waals surface area contributed by atoms with Gasteiger partial charge in [-0.1, -0.05) is 61.7 Å². The van der Waals surface area contributed by atoms with Crippen LogP contribution in [0.5, 0.6) is 0 Å². The van der Waals surface area contributed by atoms with E-state index in [1.54, 1.807) is 42.2 Å². The van der Waals surface area contributed by atoms with E-state index >= 15 is 0 Å². The average Bonchev–Trinajstić information content (AvgIpc) is 2.84. The Morgan fingerprint density at radius 1 is 1.03 bits per heavy atom. The van der Waals surface area contributed by atoms with Crippen LogP contribution in [0.25, 0.3) is 0 Å². The largest absolute Gasteiger partial charge is 0.354 e. The molecule has 0 bridgehead atoms. The Morgan fingerprint density at radius 2 is 1.70 bits per heavy atom. The molecule has 2 aromatic carbocycles. The highest BCUT2D eigenvalue weighted by molar-refractivity contribution is 7.92. The molecule has 204 valence electrons. The first-order chi connectivity index (χ1) is 17.5. The fourth-order valence-corrected chi connectivity index (χ4v) is 5.37. The number of nitrogens with one attached hydrogen (secondary N) is 1. The smallest absolute Gasteiger partial charge is 0.242 e. The van der Waals surface area contributed by atoms with Crippen LogP contribution in [0, 0.1) is 6.92 Å². The number of nitrogens with zero attached hydrogens (tertiary/aromatic N) is 2. The zero-order chi connectivity index (χ0) is 27.6. The fourth-order valence-electron chi connectivity index (χ4n) is 4.06. The van der Waals surface area contributed by atoms with E-state index in [-0.39, 0.29) is 37.7 Å². The number of benzene rings is 2. The summed E-state index contributed by atoms with van der Waals surface area (Å²) in [6.45, 7) is 6.60. The second kappa shape index (κ2) is 14.6. The van der Waals surface area contributed by atoms with Crippen molar-refractivity contribution in [3.8, 4) is 0 Å². The lowest BCUT2D eigenvalue weighted by Crippen LogP contribution is -2.49. The Hall–Kier alpha value is -2.29. The van der Waals surface area contributed by atoms with Crippen molar-refractivity contribution < 1.29 is 18.0 Å². The van der Waals surface area contributed by atoms with Crippen molar-refractivity contribution >= 4 is 50.7 Å². The molecule has 0 aromatic heterocycles. The van der Waals surface area contributed by atoms with E-state index in [1.807, 2.05) is 26.0 Å². The Morgan fingerprint density at radius 3 is 2.30 bits per heavy atom. The number of anilines is 1. The number of amides is 2. The van der Waals surface area contributed by atoms with Crippen LogP contribution in [0.2, 0.25) is 10.0 Å². The molecule has 37 heavy (non-hydrogen) atoms. The summed E-state index contributed by atoms with van der Waals surface area (Å²) in [4.78, 5) is 28.0. The van der Waals surface area contributed by atoms with E-state index in [0.29, 0.717) is 34.3 Å². The van der Waals surface area contributed by atoms with Gasteiger partial charge in [0.2, 0.25) is 21.8 Å². The molecule has 1 atom stereocenters. The maximum Gasteiger partial charge on any atom is 0.242 e. The zero-order valence-electron chi connectivity index (χ0n) is 22.0. The summed E-state index contributed by atoms with van der Waals surface area (Å²) in [5.41, 5.74) is 1.99. The third-order valence-electron chi connectivity index (χ3n) is 6.14. The van der Waals surface area contributed by atoms with Crippen molar-refractivity contribution in [2.75, 3.05) is 23.7 Å². The minimum atomic E-state index is -3.60. The van der Waals surface area contributed by atoms with Crippen molar-refractivity contribution in [2.24, 2.45) is 0 Å². The third kappa shape index (κ3) is 9.20. The number of carbonyl (C=O) groups is 2. The third-order valence-corrected chi connectivity index (χ3v) is 7.98. The van der Waals surface area contributed by atoms with E-state index in [4.69, 9.17) is 23.2 Å². The van der Waals surface area contributed by atoms with Gasteiger partial charge in [-0.2, -0.15) is 0 Å². The monoisotopic (exact) mass is 569 g/mol. The molecule has 0 aliphatic carbocycles. The Balaban J connectivity index is 2.22. The Labute approximate surface area is 231 Å². The molecule has 0 aliphatic heterocycles. The van der Waals surface area contributed by atoms with Crippen molar-refractivity contribution in [3.05, 3.63) is 63.6 Å². The first-order valence-electron chi connectivity index (χ1n) is 12.5. The number of rotatable bonds is 14. The van der Waals surface area contributed by atoms with E-state index in [1.165, 1.54) is 4.31 Å². The molecule has 0 radical (unpaired) electrons. The van der Waals surface area contributed by atoms with Crippen LogP contribution < -0.4 is 9.62 Å². The van der Waals surface area contributed by atoms with Gasteiger partial charge in [-0.25, -0.2) is 8.42 Å². The summed E-state index contributed by atoms with van der Waals surface area (Å²) in [6, 6.07) is 11.6. The summed E-state index contributed by atoms with van der Waals surface area (Å²) < 4.78 is 26.4. The normalized spacial score (nSPS) is 12.2. The molecule has 1 N–H and O–H groups in total. The first-order valence-corrected chi connectivity index (χ1v) is 15.1. The van der Waals surface area contributed by atoms with Gasteiger partial charge in [-0.05, 0) is 61.6 Å². The number of hydrogen-bond donors (Lipinski definition) is 1. The highest BCUT2D eigenvalue weighted by Gasteiger charge is 2.29. The van der Waals surface area contributed by atoms with Gasteiger partial charge in [-0.15, -0.1) is 0 Å². The molecule has 2 rings (SSSR count). The minimum absolute atomic E-state index is 0.0813. The Kier molecular flexibility index (Phi) is 12.2. The van der Waals surface area contributed by atoms with Crippen LogP contribution in [0.4, 0.5) is 5.69 Å². The van der Waals surface area contributed by atoms with E-state index in [0.717, 1.165) is 24.7 Å². The van der Waals surface area contributed by atoms with E-state index in [9.17, 15) is 18.0 Å². The van der Waals surface area contributed by atoms with Gasteiger partial charge in [-0.3, -0.25) is 13.9 Å². The number of halogens is 2. The van der Waals surface area contributed by atoms with E-state index in [2.05, 4.69) is 5.32 Å². The summed E-state index contributed by atoms with van der Waals surface area (Å²) in [6.07, 6.45) is 3.76. The Bertz CT molecular complexity index is 1160.